The highest BCUT2D eigenvalue weighted by atomic mass is 19.1. The van der Waals surface area contributed by atoms with Crippen LogP contribution in [0.5, 0.6) is 5.75 Å². The van der Waals surface area contributed by atoms with Gasteiger partial charge in [-0.25, -0.2) is 8.78 Å². The van der Waals surface area contributed by atoms with E-state index in [4.69, 9.17) is 4.74 Å². The number of amides is 2. The Morgan fingerprint density at radius 1 is 0.900 bits per heavy atom. The largest absolute Gasteiger partial charge is 0.491 e. The summed E-state index contributed by atoms with van der Waals surface area (Å²) >= 11 is 0. The molecular formula is C23H28F2N2O3. The zero-order valence-electron chi connectivity index (χ0n) is 18.1. The quantitative estimate of drug-likeness (QED) is 0.621. The Morgan fingerprint density at radius 3 is 2.07 bits per heavy atom. The van der Waals surface area contributed by atoms with Crippen LogP contribution in [0.2, 0.25) is 0 Å². The van der Waals surface area contributed by atoms with Crippen molar-refractivity contribution in [2.45, 2.75) is 59.2 Å². The lowest BCUT2D eigenvalue weighted by atomic mass is 9.96. The van der Waals surface area contributed by atoms with E-state index >= 15 is 0 Å². The maximum Gasteiger partial charge on any atom is 0.254 e. The Morgan fingerprint density at radius 2 is 1.50 bits per heavy atom. The molecule has 0 bridgehead atoms. The van der Waals surface area contributed by atoms with E-state index in [0.29, 0.717) is 16.9 Å². The van der Waals surface area contributed by atoms with Crippen LogP contribution in [-0.4, -0.2) is 29.5 Å². The van der Waals surface area contributed by atoms with Crippen LogP contribution in [-0.2, 0) is 0 Å². The van der Waals surface area contributed by atoms with Gasteiger partial charge >= 0.3 is 0 Å². The Hall–Kier alpha value is -2.96. The summed E-state index contributed by atoms with van der Waals surface area (Å²) in [6.07, 6.45) is -0.0366. The van der Waals surface area contributed by atoms with Crippen LogP contribution < -0.4 is 15.4 Å². The summed E-state index contributed by atoms with van der Waals surface area (Å²) in [5.41, 5.74) is 1.32. The van der Waals surface area contributed by atoms with Gasteiger partial charge < -0.3 is 15.4 Å². The summed E-state index contributed by atoms with van der Waals surface area (Å²) in [5, 5.41) is 4.47. The van der Waals surface area contributed by atoms with Gasteiger partial charge in [0.15, 0.2) is 11.6 Å². The van der Waals surface area contributed by atoms with Crippen molar-refractivity contribution >= 4 is 11.8 Å². The molecule has 30 heavy (non-hydrogen) atoms. The van der Waals surface area contributed by atoms with Gasteiger partial charge in [-0.3, -0.25) is 9.59 Å². The monoisotopic (exact) mass is 418 g/mol. The maximum atomic E-state index is 14.1. The van der Waals surface area contributed by atoms with Crippen molar-refractivity contribution in [2.24, 2.45) is 0 Å². The molecule has 5 nitrogen and oxygen atoms in total. The van der Waals surface area contributed by atoms with E-state index in [9.17, 15) is 18.4 Å². The van der Waals surface area contributed by atoms with Gasteiger partial charge in [-0.15, -0.1) is 0 Å². The highest BCUT2D eigenvalue weighted by Gasteiger charge is 2.25. The molecule has 2 N–H and O–H groups in total. The molecule has 2 amide bonds. The molecule has 162 valence electrons. The van der Waals surface area contributed by atoms with Gasteiger partial charge in [0.05, 0.1) is 6.10 Å². The van der Waals surface area contributed by atoms with Gasteiger partial charge in [0.25, 0.3) is 11.8 Å². The standard InChI is InChI=1S/C23H28F2N2O3/c1-14(2)30-17-9-7-8-15(12-17)18-11-10-16(20(28)26-22(3,4)24)13-19(18)21(29)27-23(5,6)25/h7-14H,1-6H3,(H,26,28)(H,27,29). The number of carbonyl (C=O) groups excluding carboxylic acids is 2. The van der Waals surface area contributed by atoms with Crippen LogP contribution in [0.1, 0.15) is 62.3 Å². The normalized spacial score (nSPS) is 11.9. The molecule has 0 unspecified atom stereocenters. The molecule has 0 aromatic heterocycles. The SMILES string of the molecule is CC(C)Oc1cccc(-c2ccc(C(=O)NC(C)(C)F)cc2C(=O)NC(C)(C)F)c1. The van der Waals surface area contributed by atoms with E-state index in [1.807, 2.05) is 13.8 Å². The summed E-state index contributed by atoms with van der Waals surface area (Å²) in [4.78, 5) is 25.2. The lowest BCUT2D eigenvalue weighted by Gasteiger charge is -2.20. The van der Waals surface area contributed by atoms with Crippen molar-refractivity contribution in [2.75, 3.05) is 0 Å². The smallest absolute Gasteiger partial charge is 0.254 e. The fourth-order valence-electron chi connectivity index (χ4n) is 2.81. The molecular weight excluding hydrogens is 390 g/mol. The summed E-state index contributed by atoms with van der Waals surface area (Å²) in [5.74, 6) is -4.65. The minimum atomic E-state index is -1.96. The number of nitrogens with one attached hydrogen (secondary N) is 2. The van der Waals surface area contributed by atoms with Crippen LogP contribution in [0.4, 0.5) is 8.78 Å². The minimum absolute atomic E-state index is 0.0366. The fourth-order valence-corrected chi connectivity index (χ4v) is 2.81. The topological polar surface area (TPSA) is 67.4 Å². The minimum Gasteiger partial charge on any atom is -0.491 e. The van der Waals surface area contributed by atoms with Gasteiger partial charge in [-0.05, 0) is 76.9 Å². The Labute approximate surface area is 175 Å². The third kappa shape index (κ3) is 6.83. The molecule has 0 atom stereocenters. The molecule has 2 aromatic rings. The van der Waals surface area contributed by atoms with Gasteiger partial charge in [-0.1, -0.05) is 18.2 Å². The average molecular weight is 418 g/mol. The zero-order chi connectivity index (χ0) is 22.7. The molecule has 0 aliphatic heterocycles. The van der Waals surface area contributed by atoms with Gasteiger partial charge in [0.2, 0.25) is 0 Å². The summed E-state index contributed by atoms with van der Waals surface area (Å²) in [6, 6.07) is 11.5. The van der Waals surface area contributed by atoms with Crippen molar-refractivity contribution in [3.05, 3.63) is 53.6 Å². The Balaban J connectivity index is 2.54. The summed E-state index contributed by atoms with van der Waals surface area (Å²) in [7, 11) is 0. The van der Waals surface area contributed by atoms with Gasteiger partial charge in [0.1, 0.15) is 5.75 Å². The van der Waals surface area contributed by atoms with Gasteiger partial charge in [-0.2, -0.15) is 0 Å². The molecule has 0 heterocycles. The van der Waals surface area contributed by atoms with Crippen LogP contribution in [0.15, 0.2) is 42.5 Å². The fraction of sp³-hybridized carbons (Fsp3) is 0.391. The number of ether oxygens (including phenoxy) is 1. The van der Waals surface area contributed by atoms with Crippen LogP contribution >= 0.6 is 0 Å². The number of benzene rings is 2. The second kappa shape index (κ2) is 8.81. The second-order valence-electron chi connectivity index (χ2n) is 8.31. The van der Waals surface area contributed by atoms with Crippen molar-refractivity contribution in [1.82, 2.24) is 10.6 Å². The lowest BCUT2D eigenvalue weighted by Crippen LogP contribution is -2.40. The average Bonchev–Trinajstić information content (AvgIpc) is 2.58. The lowest BCUT2D eigenvalue weighted by molar-refractivity contribution is 0.0796. The predicted molar refractivity (Wildman–Crippen MR) is 113 cm³/mol. The number of hydrogen-bond acceptors (Lipinski definition) is 3. The van der Waals surface area contributed by atoms with Crippen molar-refractivity contribution < 1.29 is 23.1 Å². The first kappa shape index (κ1) is 23.3. The van der Waals surface area contributed by atoms with Crippen LogP contribution in [0.25, 0.3) is 11.1 Å². The van der Waals surface area contributed by atoms with E-state index in [0.717, 1.165) is 0 Å². The van der Waals surface area contributed by atoms with Crippen LogP contribution in [0, 0.1) is 0 Å². The van der Waals surface area contributed by atoms with Gasteiger partial charge in [0, 0.05) is 11.1 Å². The Bertz CT molecular complexity index is 929. The first-order valence-corrected chi connectivity index (χ1v) is 9.69. The van der Waals surface area contributed by atoms with Crippen molar-refractivity contribution in [3.63, 3.8) is 0 Å². The highest BCUT2D eigenvalue weighted by molar-refractivity contribution is 6.04. The van der Waals surface area contributed by atoms with E-state index in [-0.39, 0.29) is 17.2 Å². The molecule has 7 heteroatoms. The molecule has 2 rings (SSSR count). The van der Waals surface area contributed by atoms with E-state index in [2.05, 4.69) is 10.6 Å². The molecule has 0 aliphatic rings. The first-order valence-electron chi connectivity index (χ1n) is 9.69. The molecule has 0 saturated heterocycles. The van der Waals surface area contributed by atoms with E-state index in [1.54, 1.807) is 30.3 Å². The number of carbonyl (C=O) groups is 2. The Kier molecular flexibility index (Phi) is 6.85. The molecule has 0 saturated carbocycles. The zero-order valence-corrected chi connectivity index (χ0v) is 18.1. The van der Waals surface area contributed by atoms with E-state index in [1.165, 1.54) is 39.8 Å². The first-order chi connectivity index (χ1) is 13.7. The molecule has 0 spiro atoms. The predicted octanol–water partition coefficient (Wildman–Crippen LogP) is 5.01. The molecule has 2 aromatic carbocycles. The number of alkyl halides is 2. The molecule has 0 fully saturated rings. The maximum absolute atomic E-state index is 14.1. The third-order valence-corrected chi connectivity index (χ3v) is 3.86. The summed E-state index contributed by atoms with van der Waals surface area (Å²) in [6.45, 7) is 8.63. The number of rotatable bonds is 7. The van der Waals surface area contributed by atoms with Crippen molar-refractivity contribution in [3.8, 4) is 16.9 Å². The highest BCUT2D eigenvalue weighted by Crippen LogP contribution is 2.29. The molecule has 0 aliphatic carbocycles. The third-order valence-electron chi connectivity index (χ3n) is 3.86. The second-order valence-corrected chi connectivity index (χ2v) is 8.31. The van der Waals surface area contributed by atoms with Crippen LogP contribution in [0.3, 0.4) is 0 Å². The number of halogens is 2. The van der Waals surface area contributed by atoms with E-state index < -0.39 is 23.4 Å². The number of hydrogen-bond donors (Lipinski definition) is 2. The molecule has 0 radical (unpaired) electrons. The van der Waals surface area contributed by atoms with Crippen molar-refractivity contribution in [1.29, 1.82) is 0 Å². The summed E-state index contributed by atoms with van der Waals surface area (Å²) < 4.78 is 33.6.